The number of hydrogen-bond acceptors (Lipinski definition) is 7. The molecule has 0 bridgehead atoms. The first-order chi connectivity index (χ1) is 9.25. The number of aryl methyl sites for hydroxylation is 1. The predicted molar refractivity (Wildman–Crippen MR) is 61.5 cm³/mol. The van der Waals surface area contributed by atoms with Crippen LogP contribution in [-0.2, 0) is 13.0 Å². The number of urea groups is 1. The fourth-order valence-corrected chi connectivity index (χ4v) is 1.42. The second-order valence-electron chi connectivity index (χ2n) is 3.88. The maximum Gasteiger partial charge on any atom is 0.317 e. The van der Waals surface area contributed by atoms with Gasteiger partial charge in [0.15, 0.2) is 5.82 Å². The fraction of sp³-hybridized carbons (Fsp3) is 0.625. The molecule has 102 valence electrons. The van der Waals surface area contributed by atoms with Crippen molar-refractivity contribution in [1.82, 2.24) is 51.5 Å². The van der Waals surface area contributed by atoms with E-state index in [0.29, 0.717) is 24.6 Å². The van der Waals surface area contributed by atoms with E-state index in [-0.39, 0.29) is 12.6 Å². The Morgan fingerprint density at radius 1 is 1.21 bits per heavy atom. The number of hydrogen-bond donors (Lipinski definition) is 3. The van der Waals surface area contributed by atoms with Crippen molar-refractivity contribution in [2.75, 3.05) is 13.6 Å². The number of amides is 2. The molecule has 0 spiro atoms. The Hall–Kier alpha value is -2.59. The molecule has 0 saturated heterocycles. The highest BCUT2D eigenvalue weighted by atomic mass is 16.2. The number of aromatic nitrogens is 8. The Kier molecular flexibility index (Phi) is 4.31. The average Bonchev–Trinajstić information content (AvgIpc) is 3.08. The summed E-state index contributed by atoms with van der Waals surface area (Å²) in [4.78, 5) is 13.3. The molecule has 0 fully saturated rings. The van der Waals surface area contributed by atoms with Crippen LogP contribution in [0.4, 0.5) is 4.79 Å². The lowest BCUT2D eigenvalue weighted by Gasteiger charge is -2.16. The molecule has 0 atom stereocenters. The zero-order valence-electron chi connectivity index (χ0n) is 10.4. The van der Waals surface area contributed by atoms with Gasteiger partial charge >= 0.3 is 6.03 Å². The van der Waals surface area contributed by atoms with Crippen LogP contribution in [0.25, 0.3) is 0 Å². The lowest BCUT2D eigenvalue weighted by molar-refractivity contribution is 0.207. The van der Waals surface area contributed by atoms with Gasteiger partial charge in [-0.15, -0.1) is 10.2 Å². The minimum atomic E-state index is -0.188. The van der Waals surface area contributed by atoms with E-state index in [0.717, 1.165) is 6.42 Å². The summed E-state index contributed by atoms with van der Waals surface area (Å²) < 4.78 is 0. The third kappa shape index (κ3) is 3.97. The predicted octanol–water partition coefficient (Wildman–Crippen LogP) is -1.51. The number of aromatic amines is 2. The summed E-state index contributed by atoms with van der Waals surface area (Å²) in [6, 6.07) is -0.188. The van der Waals surface area contributed by atoms with E-state index in [1.165, 1.54) is 0 Å². The normalized spacial score (nSPS) is 10.4. The molecule has 0 aliphatic rings. The largest absolute Gasteiger partial charge is 0.331 e. The van der Waals surface area contributed by atoms with Crippen LogP contribution in [0.3, 0.4) is 0 Å². The van der Waals surface area contributed by atoms with Crippen molar-refractivity contribution in [3.63, 3.8) is 0 Å². The molecule has 2 heterocycles. The van der Waals surface area contributed by atoms with Gasteiger partial charge in [-0.25, -0.2) is 15.0 Å². The average molecular weight is 266 g/mol. The van der Waals surface area contributed by atoms with Gasteiger partial charge in [-0.3, -0.25) is 0 Å². The van der Waals surface area contributed by atoms with Crippen LogP contribution < -0.4 is 5.32 Å². The van der Waals surface area contributed by atoms with Crippen LogP contribution in [-0.4, -0.2) is 65.8 Å². The van der Waals surface area contributed by atoms with Gasteiger partial charge in [-0.1, -0.05) is 0 Å². The van der Waals surface area contributed by atoms with Crippen molar-refractivity contribution in [3.8, 4) is 0 Å². The molecule has 11 heteroatoms. The van der Waals surface area contributed by atoms with Gasteiger partial charge in [-0.2, -0.15) is 0 Å². The first kappa shape index (κ1) is 12.9. The molecule has 19 heavy (non-hydrogen) atoms. The van der Waals surface area contributed by atoms with Crippen molar-refractivity contribution in [1.29, 1.82) is 0 Å². The first-order valence-electron chi connectivity index (χ1n) is 5.70. The topological polar surface area (TPSA) is 141 Å². The van der Waals surface area contributed by atoms with Gasteiger partial charge in [0.2, 0.25) is 0 Å². The summed E-state index contributed by atoms with van der Waals surface area (Å²) in [5.41, 5.74) is 0. The van der Waals surface area contributed by atoms with Crippen LogP contribution in [0.2, 0.25) is 0 Å². The zero-order chi connectivity index (χ0) is 13.5. The second-order valence-corrected chi connectivity index (χ2v) is 3.88. The molecular weight excluding hydrogens is 252 g/mol. The highest BCUT2D eigenvalue weighted by molar-refractivity contribution is 5.73. The van der Waals surface area contributed by atoms with Crippen LogP contribution in [0, 0.1) is 0 Å². The molecule has 0 aliphatic carbocycles. The van der Waals surface area contributed by atoms with E-state index in [4.69, 9.17) is 0 Å². The Morgan fingerprint density at radius 2 is 1.89 bits per heavy atom. The molecule has 0 radical (unpaired) electrons. The molecular formula is C8H14N10O. The molecule has 0 aliphatic heterocycles. The zero-order valence-corrected chi connectivity index (χ0v) is 10.4. The minimum absolute atomic E-state index is 0.188. The highest BCUT2D eigenvalue weighted by Crippen LogP contribution is 1.95. The van der Waals surface area contributed by atoms with Crippen molar-refractivity contribution in [3.05, 3.63) is 11.6 Å². The summed E-state index contributed by atoms with van der Waals surface area (Å²) >= 11 is 0. The quantitative estimate of drug-likeness (QED) is 0.576. The van der Waals surface area contributed by atoms with E-state index in [1.54, 1.807) is 11.9 Å². The van der Waals surface area contributed by atoms with E-state index in [2.05, 4.69) is 46.6 Å². The molecule has 2 rings (SSSR count). The van der Waals surface area contributed by atoms with Gasteiger partial charge < -0.3 is 10.2 Å². The SMILES string of the molecule is CN(CCCc1nnn[nH]1)C(=O)NCc1nnn[nH]1. The van der Waals surface area contributed by atoms with Crippen molar-refractivity contribution >= 4 is 6.03 Å². The molecule has 3 N–H and O–H groups in total. The smallest absolute Gasteiger partial charge is 0.317 e. The van der Waals surface area contributed by atoms with Crippen LogP contribution in [0.1, 0.15) is 18.1 Å². The molecule has 0 saturated carbocycles. The van der Waals surface area contributed by atoms with Crippen LogP contribution >= 0.6 is 0 Å². The number of rotatable bonds is 6. The third-order valence-electron chi connectivity index (χ3n) is 2.44. The minimum Gasteiger partial charge on any atom is -0.331 e. The number of H-pyrrole nitrogens is 2. The summed E-state index contributed by atoms with van der Waals surface area (Å²) in [6.45, 7) is 0.864. The van der Waals surface area contributed by atoms with Crippen molar-refractivity contribution in [2.24, 2.45) is 0 Å². The number of carbonyl (C=O) groups excluding carboxylic acids is 1. The lowest BCUT2D eigenvalue weighted by atomic mass is 10.3. The monoisotopic (exact) mass is 266 g/mol. The Labute approximate surface area is 108 Å². The van der Waals surface area contributed by atoms with E-state index in [1.807, 2.05) is 0 Å². The fourth-order valence-electron chi connectivity index (χ4n) is 1.42. The Balaban J connectivity index is 1.64. The molecule has 2 aromatic heterocycles. The van der Waals surface area contributed by atoms with E-state index < -0.39 is 0 Å². The Bertz CT molecular complexity index is 480. The summed E-state index contributed by atoms with van der Waals surface area (Å²) in [5.74, 6) is 1.22. The van der Waals surface area contributed by atoms with Gasteiger partial charge in [0.25, 0.3) is 0 Å². The molecule has 2 aromatic rings. The van der Waals surface area contributed by atoms with Crippen LogP contribution in [0.15, 0.2) is 0 Å². The van der Waals surface area contributed by atoms with E-state index in [9.17, 15) is 4.79 Å². The summed E-state index contributed by atoms with van der Waals surface area (Å²) in [5, 5.41) is 29.1. The maximum absolute atomic E-state index is 11.7. The number of carbonyl (C=O) groups is 1. The summed E-state index contributed by atoms with van der Waals surface area (Å²) in [6.07, 6.45) is 1.46. The van der Waals surface area contributed by atoms with Gasteiger partial charge in [0.1, 0.15) is 5.82 Å². The molecule has 0 unspecified atom stereocenters. The van der Waals surface area contributed by atoms with Crippen LogP contribution in [0.5, 0.6) is 0 Å². The molecule has 0 aromatic carbocycles. The van der Waals surface area contributed by atoms with Crippen molar-refractivity contribution in [2.45, 2.75) is 19.4 Å². The Morgan fingerprint density at radius 3 is 2.53 bits per heavy atom. The molecule has 11 nitrogen and oxygen atoms in total. The van der Waals surface area contributed by atoms with Crippen molar-refractivity contribution < 1.29 is 4.79 Å². The number of nitrogens with one attached hydrogen (secondary N) is 3. The number of nitrogens with zero attached hydrogens (tertiary/aromatic N) is 7. The third-order valence-corrected chi connectivity index (χ3v) is 2.44. The first-order valence-corrected chi connectivity index (χ1v) is 5.70. The highest BCUT2D eigenvalue weighted by Gasteiger charge is 2.09. The number of tetrazole rings is 2. The van der Waals surface area contributed by atoms with Gasteiger partial charge in [-0.05, 0) is 27.3 Å². The standard InChI is InChI=1S/C8H14N10O/c1-18(4-2-3-6-10-14-15-11-6)8(19)9-5-7-12-16-17-13-7/h2-5H2,1H3,(H,9,19)(H,10,11,14,15)(H,12,13,16,17). The second kappa shape index (κ2) is 6.37. The lowest BCUT2D eigenvalue weighted by Crippen LogP contribution is -2.37. The van der Waals surface area contributed by atoms with Gasteiger partial charge in [0.05, 0.1) is 6.54 Å². The van der Waals surface area contributed by atoms with Gasteiger partial charge in [0, 0.05) is 20.0 Å². The molecule has 2 amide bonds. The summed E-state index contributed by atoms with van der Waals surface area (Å²) in [7, 11) is 1.71. The van der Waals surface area contributed by atoms with E-state index >= 15 is 0 Å². The maximum atomic E-state index is 11.7.